The molecule has 4 aromatic carbocycles. The number of nitrogens with zero attached hydrogens (tertiary/aromatic N) is 3. The number of amides is 2. The fraction of sp³-hybridized carbons (Fsp3) is 0.235. The molecule has 2 amide bonds. The van der Waals surface area contributed by atoms with Gasteiger partial charge in [-0.3, -0.25) is 24.0 Å². The van der Waals surface area contributed by atoms with Gasteiger partial charge in [-0.25, -0.2) is 8.42 Å². The Morgan fingerprint density at radius 3 is 2.09 bits per heavy atom. The number of non-ortho nitro benzene ring substituents is 1. The van der Waals surface area contributed by atoms with Gasteiger partial charge in [0.1, 0.15) is 12.6 Å². The molecule has 1 N–H and O–H groups in total. The van der Waals surface area contributed by atoms with E-state index in [1.54, 1.807) is 18.2 Å². The van der Waals surface area contributed by atoms with Crippen LogP contribution in [0.5, 0.6) is 0 Å². The summed E-state index contributed by atoms with van der Waals surface area (Å²) in [5, 5.41) is 14.2. The number of nitrogens with one attached hydrogen (secondary N) is 1. The molecule has 10 nitrogen and oxygen atoms in total. The lowest BCUT2D eigenvalue weighted by molar-refractivity contribution is -0.384. The quantitative estimate of drug-likeness (QED) is 0.150. The van der Waals surface area contributed by atoms with Crippen LogP contribution in [0.3, 0.4) is 0 Å². The summed E-state index contributed by atoms with van der Waals surface area (Å²) in [6.45, 7) is 3.67. The number of sulfonamides is 1. The van der Waals surface area contributed by atoms with E-state index in [9.17, 15) is 28.1 Å². The molecule has 0 heterocycles. The molecular formula is C34H36N4O6S. The highest BCUT2D eigenvalue weighted by atomic mass is 32.2. The summed E-state index contributed by atoms with van der Waals surface area (Å²) in [6, 6.07) is 28.5. The van der Waals surface area contributed by atoms with E-state index in [0.29, 0.717) is 13.0 Å². The van der Waals surface area contributed by atoms with Gasteiger partial charge < -0.3 is 10.2 Å². The molecule has 4 aromatic rings. The first-order valence-electron chi connectivity index (χ1n) is 14.6. The number of carbonyl (C=O) groups is 2. The van der Waals surface area contributed by atoms with Gasteiger partial charge in [0, 0.05) is 31.6 Å². The van der Waals surface area contributed by atoms with E-state index in [-0.39, 0.29) is 35.1 Å². The zero-order valence-electron chi connectivity index (χ0n) is 25.2. The van der Waals surface area contributed by atoms with Crippen molar-refractivity contribution in [3.8, 4) is 0 Å². The number of carbonyl (C=O) groups excluding carboxylic acids is 2. The second-order valence-corrected chi connectivity index (χ2v) is 12.5. The minimum atomic E-state index is -4.30. The van der Waals surface area contributed by atoms with Crippen molar-refractivity contribution in [2.75, 3.05) is 17.4 Å². The Morgan fingerprint density at radius 2 is 1.49 bits per heavy atom. The second kappa shape index (κ2) is 15.1. The van der Waals surface area contributed by atoms with Crippen LogP contribution >= 0.6 is 0 Å². The molecule has 0 saturated carbocycles. The average Bonchev–Trinajstić information content (AvgIpc) is 3.05. The van der Waals surface area contributed by atoms with Gasteiger partial charge in [0.05, 0.1) is 15.5 Å². The SMILES string of the molecule is CCCNC(=O)C(Cc1ccccc1)N(Cc1cccc(C)c1)C(=O)CN(c1ccc([N+](=O)[O-])cc1)S(=O)(=O)c1ccccc1. The molecule has 1 atom stereocenters. The lowest BCUT2D eigenvalue weighted by Gasteiger charge is -2.34. The molecule has 0 fully saturated rings. The number of nitro benzene ring substituents is 1. The van der Waals surface area contributed by atoms with Crippen molar-refractivity contribution in [2.45, 2.75) is 44.2 Å². The van der Waals surface area contributed by atoms with Crippen LogP contribution in [-0.4, -0.2) is 49.2 Å². The lowest BCUT2D eigenvalue weighted by atomic mass is 10.0. The Balaban J connectivity index is 1.80. The predicted molar refractivity (Wildman–Crippen MR) is 173 cm³/mol. The molecule has 0 aliphatic heterocycles. The molecule has 0 aliphatic rings. The number of anilines is 1. The highest BCUT2D eigenvalue weighted by molar-refractivity contribution is 7.92. The Kier molecular flexibility index (Phi) is 11.0. The maximum atomic E-state index is 14.4. The summed E-state index contributed by atoms with van der Waals surface area (Å²) in [6.07, 6.45) is 0.899. The van der Waals surface area contributed by atoms with Crippen LogP contribution in [0.15, 0.2) is 114 Å². The van der Waals surface area contributed by atoms with Crippen LogP contribution in [0.4, 0.5) is 11.4 Å². The zero-order valence-corrected chi connectivity index (χ0v) is 26.0. The van der Waals surface area contributed by atoms with Gasteiger partial charge in [-0.1, -0.05) is 85.3 Å². The Bertz CT molecular complexity index is 1710. The second-order valence-electron chi connectivity index (χ2n) is 10.6. The predicted octanol–water partition coefficient (Wildman–Crippen LogP) is 5.26. The zero-order chi connectivity index (χ0) is 32.4. The van der Waals surface area contributed by atoms with Crippen molar-refractivity contribution >= 4 is 33.2 Å². The molecule has 0 bridgehead atoms. The van der Waals surface area contributed by atoms with Gasteiger partial charge in [-0.05, 0) is 48.7 Å². The highest BCUT2D eigenvalue weighted by Crippen LogP contribution is 2.27. The van der Waals surface area contributed by atoms with Gasteiger partial charge in [0.15, 0.2) is 0 Å². The number of hydrogen-bond donors (Lipinski definition) is 1. The summed E-state index contributed by atoms with van der Waals surface area (Å²) >= 11 is 0. The number of rotatable bonds is 14. The fourth-order valence-electron chi connectivity index (χ4n) is 4.92. The smallest absolute Gasteiger partial charge is 0.269 e. The van der Waals surface area contributed by atoms with Crippen LogP contribution in [0.25, 0.3) is 0 Å². The van der Waals surface area contributed by atoms with E-state index in [4.69, 9.17) is 0 Å². The Morgan fingerprint density at radius 1 is 0.867 bits per heavy atom. The van der Waals surface area contributed by atoms with Crippen molar-refractivity contribution in [3.05, 3.63) is 136 Å². The van der Waals surface area contributed by atoms with Gasteiger partial charge in [-0.15, -0.1) is 0 Å². The lowest BCUT2D eigenvalue weighted by Crippen LogP contribution is -2.53. The van der Waals surface area contributed by atoms with Gasteiger partial charge in [0.25, 0.3) is 15.7 Å². The maximum Gasteiger partial charge on any atom is 0.269 e. The molecule has 0 spiro atoms. The van der Waals surface area contributed by atoms with E-state index >= 15 is 0 Å². The number of aryl methyl sites for hydroxylation is 1. The largest absolute Gasteiger partial charge is 0.354 e. The van der Waals surface area contributed by atoms with Crippen LogP contribution in [0, 0.1) is 17.0 Å². The van der Waals surface area contributed by atoms with Gasteiger partial charge in [0.2, 0.25) is 11.8 Å². The van der Waals surface area contributed by atoms with Crippen molar-refractivity contribution in [3.63, 3.8) is 0 Å². The first-order valence-corrected chi connectivity index (χ1v) is 16.0. The van der Waals surface area contributed by atoms with Crippen LogP contribution in [0.2, 0.25) is 0 Å². The van der Waals surface area contributed by atoms with E-state index in [0.717, 1.165) is 21.0 Å². The summed E-state index contributed by atoms with van der Waals surface area (Å²) in [7, 11) is -4.30. The minimum Gasteiger partial charge on any atom is -0.354 e. The minimum absolute atomic E-state index is 0.0526. The normalized spacial score (nSPS) is 11.8. The third kappa shape index (κ3) is 8.54. The molecule has 0 aliphatic carbocycles. The van der Waals surface area contributed by atoms with Gasteiger partial charge >= 0.3 is 0 Å². The highest BCUT2D eigenvalue weighted by Gasteiger charge is 2.34. The monoisotopic (exact) mass is 628 g/mol. The van der Waals surface area contributed by atoms with Crippen molar-refractivity contribution < 1.29 is 22.9 Å². The Hall–Kier alpha value is -5.03. The summed E-state index contributed by atoms with van der Waals surface area (Å²) in [5.41, 5.74) is 2.43. The van der Waals surface area contributed by atoms with Crippen molar-refractivity contribution in [2.24, 2.45) is 0 Å². The van der Waals surface area contributed by atoms with E-state index < -0.39 is 33.4 Å². The molecule has 11 heteroatoms. The van der Waals surface area contributed by atoms with Crippen molar-refractivity contribution in [1.29, 1.82) is 0 Å². The van der Waals surface area contributed by atoms with Crippen LogP contribution in [-0.2, 0) is 32.6 Å². The molecule has 0 saturated heterocycles. The fourth-order valence-corrected chi connectivity index (χ4v) is 6.35. The first-order chi connectivity index (χ1) is 21.6. The average molecular weight is 629 g/mol. The summed E-state index contributed by atoms with van der Waals surface area (Å²) < 4.78 is 28.9. The number of hydrogen-bond acceptors (Lipinski definition) is 6. The van der Waals surface area contributed by atoms with Crippen LogP contribution < -0.4 is 9.62 Å². The topological polar surface area (TPSA) is 130 Å². The third-order valence-corrected chi connectivity index (χ3v) is 9.00. The third-order valence-electron chi connectivity index (χ3n) is 7.21. The molecule has 45 heavy (non-hydrogen) atoms. The number of nitro groups is 1. The molecule has 234 valence electrons. The molecule has 1 unspecified atom stereocenters. The Labute approximate surface area is 263 Å². The molecule has 0 aromatic heterocycles. The van der Waals surface area contributed by atoms with Gasteiger partial charge in [-0.2, -0.15) is 0 Å². The van der Waals surface area contributed by atoms with Crippen molar-refractivity contribution in [1.82, 2.24) is 10.2 Å². The molecule has 4 rings (SSSR count). The van der Waals surface area contributed by atoms with E-state index in [1.165, 1.54) is 41.3 Å². The standard InChI is InChI=1S/C34H36N4O6S/c1-3-21-35-34(40)32(23-27-12-6-4-7-13-27)36(24-28-14-10-11-26(2)22-28)33(39)25-37(29-17-19-30(20-18-29)38(41)42)45(43,44)31-15-8-5-9-16-31/h4-20,22,32H,3,21,23-25H2,1-2H3,(H,35,40). The van der Waals surface area contributed by atoms with E-state index in [2.05, 4.69) is 5.32 Å². The summed E-state index contributed by atoms with van der Waals surface area (Å²) in [5.74, 6) is -0.962. The first kappa shape index (κ1) is 32.9. The maximum absolute atomic E-state index is 14.4. The summed E-state index contributed by atoms with van der Waals surface area (Å²) in [4.78, 5) is 40.2. The molecule has 0 radical (unpaired) electrons. The van der Waals surface area contributed by atoms with E-state index in [1.807, 2.05) is 68.4 Å². The van der Waals surface area contributed by atoms with Crippen LogP contribution in [0.1, 0.15) is 30.0 Å². The number of benzene rings is 4. The molecular weight excluding hydrogens is 592 g/mol.